The molecular formula is C23H26N4O. The maximum absolute atomic E-state index is 5.84. The Labute approximate surface area is 166 Å². The van der Waals surface area contributed by atoms with Crippen molar-refractivity contribution in [3.63, 3.8) is 0 Å². The molecule has 0 aliphatic heterocycles. The second-order valence-electron chi connectivity index (χ2n) is 6.71. The summed E-state index contributed by atoms with van der Waals surface area (Å²) >= 11 is 0. The van der Waals surface area contributed by atoms with Gasteiger partial charge in [0.25, 0.3) is 0 Å². The molecule has 0 saturated carbocycles. The van der Waals surface area contributed by atoms with E-state index in [4.69, 9.17) is 4.74 Å². The van der Waals surface area contributed by atoms with Crippen LogP contribution in [0.3, 0.4) is 0 Å². The second kappa shape index (κ2) is 9.04. The Morgan fingerprint density at radius 3 is 2.64 bits per heavy atom. The van der Waals surface area contributed by atoms with Gasteiger partial charge in [0, 0.05) is 11.3 Å². The van der Waals surface area contributed by atoms with Gasteiger partial charge in [-0.25, -0.2) is 0 Å². The molecule has 2 aromatic rings. The van der Waals surface area contributed by atoms with Crippen LogP contribution in [0.25, 0.3) is 11.4 Å². The lowest BCUT2D eigenvalue weighted by atomic mass is 9.98. The molecule has 0 fully saturated rings. The van der Waals surface area contributed by atoms with Crippen LogP contribution in [0.1, 0.15) is 33.6 Å². The zero-order chi connectivity index (χ0) is 19.9. The normalized spacial score (nSPS) is 15.0. The van der Waals surface area contributed by atoms with Gasteiger partial charge in [0.05, 0.1) is 0 Å². The number of hydrogen-bond donors (Lipinski definition) is 2. The number of rotatable bonds is 7. The lowest BCUT2D eigenvalue weighted by Gasteiger charge is -2.15. The third-order valence-corrected chi connectivity index (χ3v) is 4.58. The summed E-state index contributed by atoms with van der Waals surface area (Å²) < 4.78 is 5.84. The third-order valence-electron chi connectivity index (χ3n) is 4.58. The SMILES string of the molecule is C=C/C=C(\C=C/C)Oc1ccc(-c2nnc(NC3=CC(C)=C(C)CC3)[nH]2)cc1. The van der Waals surface area contributed by atoms with Crippen LogP contribution >= 0.6 is 0 Å². The maximum atomic E-state index is 5.84. The highest BCUT2D eigenvalue weighted by Crippen LogP contribution is 2.25. The Morgan fingerprint density at radius 1 is 1.18 bits per heavy atom. The molecule has 0 saturated heterocycles. The van der Waals surface area contributed by atoms with E-state index in [1.54, 1.807) is 6.08 Å². The molecule has 0 radical (unpaired) electrons. The minimum Gasteiger partial charge on any atom is -0.457 e. The Balaban J connectivity index is 1.69. The molecule has 1 aromatic carbocycles. The molecule has 3 rings (SSSR count). The Morgan fingerprint density at radius 2 is 1.96 bits per heavy atom. The third kappa shape index (κ3) is 4.88. The van der Waals surface area contributed by atoms with Crippen molar-refractivity contribution in [1.29, 1.82) is 0 Å². The first-order valence-electron chi connectivity index (χ1n) is 9.39. The van der Waals surface area contributed by atoms with Crippen molar-refractivity contribution < 1.29 is 4.74 Å². The van der Waals surface area contributed by atoms with Gasteiger partial charge in [-0.05, 0) is 76.1 Å². The second-order valence-corrected chi connectivity index (χ2v) is 6.71. The van der Waals surface area contributed by atoms with E-state index >= 15 is 0 Å². The fourth-order valence-corrected chi connectivity index (χ4v) is 2.90. The fraction of sp³-hybridized carbons (Fsp3) is 0.217. The predicted octanol–water partition coefficient (Wildman–Crippen LogP) is 5.92. The van der Waals surface area contributed by atoms with Crippen molar-refractivity contribution in [2.75, 3.05) is 5.32 Å². The zero-order valence-corrected chi connectivity index (χ0v) is 16.6. The number of aromatic nitrogens is 3. The van der Waals surface area contributed by atoms with Gasteiger partial charge < -0.3 is 15.0 Å². The minimum absolute atomic E-state index is 0.651. The summed E-state index contributed by atoms with van der Waals surface area (Å²) in [4.78, 5) is 3.24. The highest BCUT2D eigenvalue weighted by atomic mass is 16.5. The van der Waals surface area contributed by atoms with Crippen molar-refractivity contribution in [1.82, 2.24) is 15.2 Å². The fourth-order valence-electron chi connectivity index (χ4n) is 2.90. The van der Waals surface area contributed by atoms with E-state index in [1.165, 1.54) is 11.1 Å². The predicted molar refractivity (Wildman–Crippen MR) is 115 cm³/mol. The van der Waals surface area contributed by atoms with Gasteiger partial charge >= 0.3 is 0 Å². The van der Waals surface area contributed by atoms with Crippen LogP contribution in [0.5, 0.6) is 5.75 Å². The van der Waals surface area contributed by atoms with Crippen LogP contribution in [0.4, 0.5) is 5.95 Å². The Bertz CT molecular complexity index is 959. The summed E-state index contributed by atoms with van der Waals surface area (Å²) in [6, 6.07) is 7.73. The highest BCUT2D eigenvalue weighted by molar-refractivity contribution is 5.58. The molecule has 1 aliphatic carbocycles. The van der Waals surface area contributed by atoms with Crippen molar-refractivity contribution >= 4 is 5.95 Å². The summed E-state index contributed by atoms with van der Waals surface area (Å²) in [5, 5.41) is 11.8. The Hall–Kier alpha value is -3.34. The van der Waals surface area contributed by atoms with E-state index in [0.29, 0.717) is 11.8 Å². The average Bonchev–Trinajstić information content (AvgIpc) is 3.14. The van der Waals surface area contributed by atoms with E-state index in [9.17, 15) is 0 Å². The number of benzene rings is 1. The molecule has 0 spiro atoms. The lowest BCUT2D eigenvalue weighted by Crippen LogP contribution is -2.05. The van der Waals surface area contributed by atoms with E-state index in [1.807, 2.05) is 49.4 Å². The first kappa shape index (κ1) is 19.4. The van der Waals surface area contributed by atoms with E-state index in [-0.39, 0.29) is 0 Å². The number of aromatic amines is 1. The van der Waals surface area contributed by atoms with Crippen molar-refractivity contribution in [3.05, 3.63) is 83.8 Å². The average molecular weight is 374 g/mol. The van der Waals surface area contributed by atoms with Crippen molar-refractivity contribution in [3.8, 4) is 17.1 Å². The monoisotopic (exact) mass is 374 g/mol. The molecule has 1 heterocycles. The van der Waals surface area contributed by atoms with Gasteiger partial charge in [-0.2, -0.15) is 0 Å². The minimum atomic E-state index is 0.651. The number of hydrogen-bond acceptors (Lipinski definition) is 4. The van der Waals surface area contributed by atoms with Crippen LogP contribution in [0.2, 0.25) is 0 Å². The van der Waals surface area contributed by atoms with Crippen LogP contribution in [-0.2, 0) is 0 Å². The molecule has 0 bridgehead atoms. The van der Waals surface area contributed by atoms with Gasteiger partial charge in [0.2, 0.25) is 5.95 Å². The summed E-state index contributed by atoms with van der Waals surface area (Å²) in [5.41, 5.74) is 4.84. The van der Waals surface area contributed by atoms with Gasteiger partial charge in [-0.1, -0.05) is 29.9 Å². The molecule has 28 heavy (non-hydrogen) atoms. The number of anilines is 1. The molecule has 5 heteroatoms. The molecule has 1 aliphatic rings. The summed E-state index contributed by atoms with van der Waals surface area (Å²) in [6.07, 6.45) is 11.6. The molecule has 5 nitrogen and oxygen atoms in total. The zero-order valence-electron chi connectivity index (χ0n) is 16.6. The molecule has 2 N–H and O–H groups in total. The van der Waals surface area contributed by atoms with Crippen LogP contribution in [0.15, 0.2) is 83.8 Å². The van der Waals surface area contributed by atoms with Crippen LogP contribution in [-0.4, -0.2) is 15.2 Å². The van der Waals surface area contributed by atoms with Gasteiger partial charge in [0.15, 0.2) is 5.82 Å². The highest BCUT2D eigenvalue weighted by Gasteiger charge is 2.11. The van der Waals surface area contributed by atoms with Crippen LogP contribution in [0, 0.1) is 0 Å². The number of nitrogens with zero attached hydrogens (tertiary/aromatic N) is 2. The smallest absolute Gasteiger partial charge is 0.226 e. The van der Waals surface area contributed by atoms with Crippen molar-refractivity contribution in [2.24, 2.45) is 0 Å². The lowest BCUT2D eigenvalue weighted by molar-refractivity contribution is 0.444. The number of allylic oxidation sites excluding steroid dienone is 8. The van der Waals surface area contributed by atoms with Gasteiger partial charge in [0.1, 0.15) is 11.5 Å². The first-order chi connectivity index (χ1) is 13.6. The number of ether oxygens (including phenoxy) is 1. The quantitative estimate of drug-likeness (QED) is 0.466. The molecule has 1 aromatic heterocycles. The van der Waals surface area contributed by atoms with E-state index in [0.717, 1.165) is 35.6 Å². The van der Waals surface area contributed by atoms with E-state index < -0.39 is 0 Å². The molecular weight excluding hydrogens is 348 g/mol. The van der Waals surface area contributed by atoms with Crippen LogP contribution < -0.4 is 10.1 Å². The maximum Gasteiger partial charge on any atom is 0.226 e. The van der Waals surface area contributed by atoms with Gasteiger partial charge in [-0.3, -0.25) is 0 Å². The summed E-state index contributed by atoms with van der Waals surface area (Å²) in [6.45, 7) is 9.97. The number of H-pyrrole nitrogens is 1. The standard InChI is InChI=1S/C23H26N4O/c1-5-7-20(8-6-2)28-21-13-10-18(11-14-21)22-25-23(27-26-22)24-19-12-9-16(3)17(4)15-19/h5-8,10-11,13-15H,1,9,12H2,2-4H3,(H2,24,25,26,27)/b8-6-,20-7+. The van der Waals surface area contributed by atoms with Gasteiger partial charge in [-0.15, -0.1) is 10.2 Å². The summed E-state index contributed by atoms with van der Waals surface area (Å²) in [5.74, 6) is 2.84. The molecule has 0 amide bonds. The topological polar surface area (TPSA) is 62.8 Å². The molecule has 0 unspecified atom stereocenters. The van der Waals surface area contributed by atoms with Crippen molar-refractivity contribution in [2.45, 2.75) is 33.6 Å². The van der Waals surface area contributed by atoms with E-state index in [2.05, 4.69) is 47.0 Å². The molecule has 144 valence electrons. The Kier molecular flexibility index (Phi) is 6.27. The summed E-state index contributed by atoms with van der Waals surface area (Å²) in [7, 11) is 0. The largest absolute Gasteiger partial charge is 0.457 e. The number of nitrogens with one attached hydrogen (secondary N) is 2. The molecule has 0 atom stereocenters. The first-order valence-corrected chi connectivity index (χ1v) is 9.39.